The quantitative estimate of drug-likeness (QED) is 0.731. The van der Waals surface area contributed by atoms with Gasteiger partial charge in [-0.3, -0.25) is 4.68 Å². The van der Waals surface area contributed by atoms with E-state index in [1.54, 1.807) is 23.1 Å². The molecule has 0 saturated carbocycles. The van der Waals surface area contributed by atoms with Gasteiger partial charge in [-0.05, 0) is 18.1 Å². The smallest absolute Gasteiger partial charge is 0.151 e. The summed E-state index contributed by atoms with van der Waals surface area (Å²) in [5, 5.41) is 11.8. The maximum absolute atomic E-state index is 5.60. The van der Waals surface area contributed by atoms with Crippen LogP contribution >= 0.6 is 11.6 Å². The highest BCUT2D eigenvalue weighted by molar-refractivity contribution is 6.29. The zero-order chi connectivity index (χ0) is 11.2. The molecule has 0 fully saturated rings. The normalized spacial score (nSPS) is 9.56. The van der Waals surface area contributed by atoms with Crippen molar-refractivity contribution in [3.8, 4) is 11.8 Å². The number of hydrogen-bond donors (Lipinski definition) is 0. The summed E-state index contributed by atoms with van der Waals surface area (Å²) in [5.41, 5.74) is 0.614. The Morgan fingerprint density at radius 1 is 1.31 bits per heavy atom. The highest BCUT2D eigenvalue weighted by atomic mass is 35.5. The lowest BCUT2D eigenvalue weighted by Gasteiger charge is -1.92. The van der Waals surface area contributed by atoms with E-state index < -0.39 is 0 Å². The molecular formula is C10H8ClN5. The van der Waals surface area contributed by atoms with Gasteiger partial charge in [0.25, 0.3) is 0 Å². The molecule has 0 unspecified atom stereocenters. The van der Waals surface area contributed by atoms with Crippen molar-refractivity contribution in [2.24, 2.45) is 0 Å². The van der Waals surface area contributed by atoms with Crippen LogP contribution in [-0.4, -0.2) is 25.0 Å². The minimum absolute atomic E-state index is 0.369. The molecule has 16 heavy (non-hydrogen) atoms. The summed E-state index contributed by atoms with van der Waals surface area (Å²) in [6.07, 6.45) is 3.84. The average Bonchev–Trinajstić information content (AvgIpc) is 2.80. The number of aryl methyl sites for hydroxylation is 1. The largest absolute Gasteiger partial charge is 0.252 e. The molecule has 2 aromatic heterocycles. The summed E-state index contributed by atoms with van der Waals surface area (Å²) in [4.78, 5) is 3.84. The molecule has 0 aliphatic heterocycles. The van der Waals surface area contributed by atoms with Crippen LogP contribution in [0.4, 0.5) is 0 Å². The summed E-state index contributed by atoms with van der Waals surface area (Å²) in [7, 11) is 0. The van der Waals surface area contributed by atoms with Gasteiger partial charge in [-0.1, -0.05) is 17.5 Å². The van der Waals surface area contributed by atoms with E-state index in [-0.39, 0.29) is 0 Å². The third kappa shape index (κ3) is 3.04. The third-order valence-corrected chi connectivity index (χ3v) is 1.98. The van der Waals surface area contributed by atoms with Gasteiger partial charge in [0.15, 0.2) is 5.15 Å². The molecule has 5 nitrogen and oxygen atoms in total. The van der Waals surface area contributed by atoms with Crippen LogP contribution in [0.3, 0.4) is 0 Å². The van der Waals surface area contributed by atoms with Crippen LogP contribution in [0.25, 0.3) is 0 Å². The van der Waals surface area contributed by atoms with Gasteiger partial charge in [0.2, 0.25) is 0 Å². The fraction of sp³-hybridized carbons (Fsp3) is 0.200. The van der Waals surface area contributed by atoms with Crippen LogP contribution < -0.4 is 0 Å². The predicted molar refractivity (Wildman–Crippen MR) is 58.6 cm³/mol. The van der Waals surface area contributed by atoms with Crippen molar-refractivity contribution in [2.75, 3.05) is 0 Å². The molecule has 0 spiro atoms. The molecule has 0 aliphatic carbocycles. The van der Waals surface area contributed by atoms with Gasteiger partial charge in [0, 0.05) is 6.42 Å². The van der Waals surface area contributed by atoms with Gasteiger partial charge in [0.1, 0.15) is 18.3 Å². The van der Waals surface area contributed by atoms with E-state index in [0.717, 1.165) is 0 Å². The van der Waals surface area contributed by atoms with Crippen LogP contribution in [0.15, 0.2) is 24.8 Å². The van der Waals surface area contributed by atoms with Crippen LogP contribution in [0.5, 0.6) is 0 Å². The molecule has 0 amide bonds. The Bertz CT molecular complexity index is 494. The molecule has 2 heterocycles. The van der Waals surface area contributed by atoms with Crippen molar-refractivity contribution in [3.05, 3.63) is 35.6 Å². The van der Waals surface area contributed by atoms with E-state index in [1.165, 1.54) is 6.33 Å². The molecule has 0 aromatic carbocycles. The van der Waals surface area contributed by atoms with E-state index in [9.17, 15) is 0 Å². The number of aromatic nitrogens is 5. The first kappa shape index (κ1) is 10.6. The molecule has 0 saturated heterocycles. The minimum Gasteiger partial charge on any atom is -0.252 e. The first-order valence-electron chi connectivity index (χ1n) is 4.65. The molecular weight excluding hydrogens is 226 g/mol. The lowest BCUT2D eigenvalue weighted by molar-refractivity contribution is 0.628. The monoisotopic (exact) mass is 233 g/mol. The Labute approximate surface area is 97.5 Å². The van der Waals surface area contributed by atoms with Crippen LogP contribution in [-0.2, 0) is 6.54 Å². The van der Waals surface area contributed by atoms with Crippen LogP contribution in [0, 0.1) is 11.8 Å². The SMILES string of the molecule is Clc1ccc(C#CCCn2cncn2)nn1. The number of halogens is 1. The summed E-state index contributed by atoms with van der Waals surface area (Å²) >= 11 is 5.60. The van der Waals surface area contributed by atoms with Crippen molar-refractivity contribution < 1.29 is 0 Å². The van der Waals surface area contributed by atoms with Crippen molar-refractivity contribution in [3.63, 3.8) is 0 Å². The van der Waals surface area contributed by atoms with Gasteiger partial charge in [-0.25, -0.2) is 4.98 Å². The lowest BCUT2D eigenvalue weighted by atomic mass is 10.3. The zero-order valence-corrected chi connectivity index (χ0v) is 9.09. The Morgan fingerprint density at radius 2 is 2.25 bits per heavy atom. The average molecular weight is 234 g/mol. The van der Waals surface area contributed by atoms with E-state index in [2.05, 4.69) is 32.1 Å². The molecule has 2 rings (SSSR count). The molecule has 0 bridgehead atoms. The number of nitrogens with zero attached hydrogens (tertiary/aromatic N) is 5. The standard InChI is InChI=1S/C10H8ClN5/c11-10-5-4-9(14-15-10)3-1-2-6-16-8-12-7-13-16/h4-5,7-8H,2,6H2. The summed E-state index contributed by atoms with van der Waals surface area (Å²) in [6, 6.07) is 3.40. The Balaban J connectivity index is 1.88. The van der Waals surface area contributed by atoms with E-state index in [0.29, 0.717) is 23.8 Å². The summed E-state index contributed by atoms with van der Waals surface area (Å²) in [5.74, 6) is 5.87. The highest BCUT2D eigenvalue weighted by Gasteiger charge is 1.91. The number of rotatable bonds is 2. The first-order valence-corrected chi connectivity index (χ1v) is 5.03. The summed E-state index contributed by atoms with van der Waals surface area (Å²) in [6.45, 7) is 0.716. The Kier molecular flexibility index (Phi) is 3.46. The highest BCUT2D eigenvalue weighted by Crippen LogP contribution is 2.00. The van der Waals surface area contributed by atoms with Crippen molar-refractivity contribution in [1.29, 1.82) is 0 Å². The molecule has 0 radical (unpaired) electrons. The fourth-order valence-corrected chi connectivity index (χ4v) is 1.16. The van der Waals surface area contributed by atoms with E-state index in [4.69, 9.17) is 11.6 Å². The van der Waals surface area contributed by atoms with Crippen LogP contribution in [0.2, 0.25) is 5.15 Å². The van der Waals surface area contributed by atoms with Gasteiger partial charge >= 0.3 is 0 Å². The number of hydrogen-bond acceptors (Lipinski definition) is 4. The van der Waals surface area contributed by atoms with Gasteiger partial charge in [-0.15, -0.1) is 10.2 Å². The zero-order valence-electron chi connectivity index (χ0n) is 8.34. The molecule has 0 N–H and O–H groups in total. The Hall–Kier alpha value is -1.93. The maximum atomic E-state index is 5.60. The molecule has 0 atom stereocenters. The molecule has 80 valence electrons. The lowest BCUT2D eigenvalue weighted by Crippen LogP contribution is -1.96. The molecule has 0 aliphatic rings. The first-order chi connectivity index (χ1) is 7.84. The van der Waals surface area contributed by atoms with Crippen LogP contribution in [0.1, 0.15) is 12.1 Å². The second-order valence-corrected chi connectivity index (χ2v) is 3.34. The second kappa shape index (κ2) is 5.24. The minimum atomic E-state index is 0.369. The third-order valence-electron chi connectivity index (χ3n) is 1.78. The topological polar surface area (TPSA) is 56.5 Å². The summed E-state index contributed by atoms with van der Waals surface area (Å²) < 4.78 is 1.72. The molecule has 6 heteroatoms. The van der Waals surface area contributed by atoms with Crippen molar-refractivity contribution >= 4 is 11.6 Å². The van der Waals surface area contributed by atoms with E-state index in [1.807, 2.05) is 0 Å². The van der Waals surface area contributed by atoms with Crippen molar-refractivity contribution in [1.82, 2.24) is 25.0 Å². The van der Waals surface area contributed by atoms with Gasteiger partial charge < -0.3 is 0 Å². The van der Waals surface area contributed by atoms with E-state index >= 15 is 0 Å². The van der Waals surface area contributed by atoms with Gasteiger partial charge in [0.05, 0.1) is 6.54 Å². The maximum Gasteiger partial charge on any atom is 0.151 e. The second-order valence-electron chi connectivity index (χ2n) is 2.95. The Morgan fingerprint density at radius 3 is 2.94 bits per heavy atom. The fourth-order valence-electron chi connectivity index (χ4n) is 1.05. The molecule has 2 aromatic rings. The van der Waals surface area contributed by atoms with Crippen molar-refractivity contribution in [2.45, 2.75) is 13.0 Å². The predicted octanol–water partition coefficient (Wildman–Crippen LogP) is 1.16. The van der Waals surface area contributed by atoms with Gasteiger partial charge in [-0.2, -0.15) is 5.10 Å².